The Hall–Kier alpha value is -2.93. The summed E-state index contributed by atoms with van der Waals surface area (Å²) in [6, 6.07) is 7.37. The fourth-order valence-electron chi connectivity index (χ4n) is 13.4. The fraction of sp³-hybridized carbons (Fsp3) is 0.720. The van der Waals surface area contributed by atoms with Crippen LogP contribution in [0.5, 0.6) is 0 Å². The highest BCUT2D eigenvalue weighted by atomic mass is 35.5. The molecule has 0 aromatic heterocycles. The summed E-state index contributed by atoms with van der Waals surface area (Å²) in [5.74, 6) is 0.620. The molecule has 1 amide bonds. The van der Waals surface area contributed by atoms with Crippen molar-refractivity contribution >= 4 is 35.2 Å². The van der Waals surface area contributed by atoms with Gasteiger partial charge in [0.2, 0.25) is 5.91 Å². The van der Waals surface area contributed by atoms with E-state index in [2.05, 4.69) is 59.9 Å². The lowest BCUT2D eigenvalue weighted by molar-refractivity contribution is -0.232. The third-order valence-electron chi connectivity index (χ3n) is 16.5. The zero-order valence-electron chi connectivity index (χ0n) is 37.8. The van der Waals surface area contributed by atoms with Gasteiger partial charge in [0.05, 0.1) is 17.9 Å². The highest BCUT2D eigenvalue weighted by molar-refractivity contribution is 6.30. The van der Waals surface area contributed by atoms with Crippen molar-refractivity contribution in [3.05, 3.63) is 58.1 Å². The first kappa shape index (κ1) is 44.6. The van der Waals surface area contributed by atoms with Gasteiger partial charge in [-0.15, -0.1) is 0 Å². The molecule has 0 saturated heterocycles. The smallest absolute Gasteiger partial charge is 0.312 e. The highest BCUT2D eigenvalue weighted by Crippen LogP contribution is 2.77. The first-order valence-electron chi connectivity index (χ1n) is 22.2. The summed E-state index contributed by atoms with van der Waals surface area (Å²) in [5.41, 5.74) is 1.10. The maximum Gasteiger partial charge on any atom is 0.312 e. The summed E-state index contributed by atoms with van der Waals surface area (Å²) in [7, 11) is 0. The average molecular weight is 819 g/mol. The van der Waals surface area contributed by atoms with Gasteiger partial charge in [-0.2, -0.15) is 0 Å². The van der Waals surface area contributed by atoms with Crippen LogP contribution in [0, 0.1) is 56.2 Å². The number of nitrogens with one attached hydrogen (secondary N) is 1. The minimum absolute atomic E-state index is 0.00855. The summed E-state index contributed by atoms with van der Waals surface area (Å²) >= 11 is 6.24. The Morgan fingerprint density at radius 3 is 2.22 bits per heavy atom. The zero-order valence-corrected chi connectivity index (χ0v) is 38.6. The number of halogens is 1. The maximum absolute atomic E-state index is 14.1. The van der Waals surface area contributed by atoms with Crippen LogP contribution in [0.2, 0.25) is 5.02 Å². The largest absolute Gasteiger partial charge is 0.462 e. The van der Waals surface area contributed by atoms with Gasteiger partial charge in [-0.3, -0.25) is 19.2 Å². The van der Waals surface area contributed by atoms with Crippen molar-refractivity contribution in [3.8, 4) is 0 Å². The van der Waals surface area contributed by atoms with Gasteiger partial charge in [0.1, 0.15) is 11.7 Å². The number of carbonyl (C=O) groups is 4. The molecule has 58 heavy (non-hydrogen) atoms. The van der Waals surface area contributed by atoms with Crippen LogP contribution in [0.3, 0.4) is 0 Å². The lowest BCUT2D eigenvalue weighted by atomic mass is 9.33. The number of esters is 2. The number of fused-ring (bicyclic) bond motifs is 7. The first-order chi connectivity index (χ1) is 26.7. The molecule has 9 atom stereocenters. The Kier molecular flexibility index (Phi) is 11.7. The van der Waals surface area contributed by atoms with Crippen molar-refractivity contribution in [1.29, 1.82) is 0 Å². The number of rotatable bonds is 9. The maximum atomic E-state index is 14.1. The number of hydrogen-bond acceptors (Lipinski definition) is 6. The number of allylic oxidation sites excluding steroid dienone is 3. The van der Waals surface area contributed by atoms with E-state index in [0.29, 0.717) is 23.3 Å². The van der Waals surface area contributed by atoms with E-state index < -0.39 is 16.4 Å². The minimum Gasteiger partial charge on any atom is -0.462 e. The Labute approximate surface area is 354 Å². The van der Waals surface area contributed by atoms with Crippen LogP contribution in [0.4, 0.5) is 0 Å². The summed E-state index contributed by atoms with van der Waals surface area (Å²) < 4.78 is 12.0. The third kappa shape index (κ3) is 7.66. The lowest BCUT2D eigenvalue weighted by Crippen LogP contribution is -2.65. The monoisotopic (exact) mass is 818 g/mol. The molecule has 5 aliphatic rings. The molecule has 0 unspecified atom stereocenters. The van der Waals surface area contributed by atoms with Crippen molar-refractivity contribution in [3.63, 3.8) is 0 Å². The van der Waals surface area contributed by atoms with Gasteiger partial charge in [0.25, 0.3) is 0 Å². The summed E-state index contributed by atoms with van der Waals surface area (Å²) in [6.45, 7) is 27.6. The number of hydrogen-bond donors (Lipinski definition) is 1. The van der Waals surface area contributed by atoms with Crippen molar-refractivity contribution in [2.75, 3.05) is 0 Å². The molecule has 0 aliphatic heterocycles. The van der Waals surface area contributed by atoms with Crippen LogP contribution in [0.15, 0.2) is 47.6 Å². The average Bonchev–Trinajstić information content (AvgIpc) is 3.40. The van der Waals surface area contributed by atoms with Crippen molar-refractivity contribution in [2.45, 2.75) is 172 Å². The van der Waals surface area contributed by atoms with E-state index in [1.807, 2.05) is 52.0 Å². The van der Waals surface area contributed by atoms with Gasteiger partial charge in [-0.1, -0.05) is 78.3 Å². The van der Waals surface area contributed by atoms with Crippen LogP contribution < -0.4 is 5.32 Å². The number of carbonyl (C=O) groups excluding carboxylic acids is 4. The Morgan fingerprint density at radius 1 is 0.897 bits per heavy atom. The van der Waals surface area contributed by atoms with E-state index in [1.165, 1.54) is 5.57 Å². The van der Waals surface area contributed by atoms with Crippen molar-refractivity contribution in [1.82, 2.24) is 5.32 Å². The Balaban J connectivity index is 1.23. The van der Waals surface area contributed by atoms with Gasteiger partial charge in [-0.05, 0) is 168 Å². The topological polar surface area (TPSA) is 98.8 Å². The molecule has 8 heteroatoms. The SMILES string of the molecule is CC(C)C1=C2[C@H]3CC[C@@H]4[C@@]5(C)CC[C@H](OC(=O)CC(C)(C)C(=O)OC(C)(C)C)C(C)(C)[C@@H]5CC[C@@]4(C)[C@]3(C)CC[C@@]2(/C=C/C(=O)N[C@@H](C)c2cccc(Cl)c2)CC1=O. The van der Waals surface area contributed by atoms with E-state index in [0.717, 1.165) is 62.5 Å². The first-order valence-corrected chi connectivity index (χ1v) is 22.5. The molecule has 4 fully saturated rings. The second-order valence-electron chi connectivity index (χ2n) is 22.4. The molecule has 1 aromatic rings. The number of ether oxygens (including phenoxy) is 2. The van der Waals surface area contributed by atoms with Gasteiger partial charge >= 0.3 is 11.9 Å². The molecule has 320 valence electrons. The van der Waals surface area contributed by atoms with Crippen LogP contribution in [-0.2, 0) is 28.7 Å². The molecular formula is C50H72ClNO6. The molecule has 5 aliphatic carbocycles. The van der Waals surface area contributed by atoms with E-state index in [4.69, 9.17) is 21.1 Å². The minimum atomic E-state index is -0.983. The molecule has 0 heterocycles. The van der Waals surface area contributed by atoms with Gasteiger partial charge in [-0.25, -0.2) is 0 Å². The molecule has 0 spiro atoms. The van der Waals surface area contributed by atoms with Crippen molar-refractivity contribution < 1.29 is 28.7 Å². The van der Waals surface area contributed by atoms with Gasteiger partial charge in [0.15, 0.2) is 5.78 Å². The van der Waals surface area contributed by atoms with Crippen LogP contribution >= 0.6 is 11.6 Å². The Morgan fingerprint density at radius 2 is 1.59 bits per heavy atom. The fourth-order valence-corrected chi connectivity index (χ4v) is 13.6. The predicted molar refractivity (Wildman–Crippen MR) is 231 cm³/mol. The number of Topliss-reactive ketones (excluding diaryl/α,β-unsaturated/α-hetero) is 1. The third-order valence-corrected chi connectivity index (χ3v) is 16.7. The van der Waals surface area contributed by atoms with E-state index >= 15 is 0 Å². The highest BCUT2D eigenvalue weighted by Gasteiger charge is 2.70. The van der Waals surface area contributed by atoms with Crippen LogP contribution in [-0.4, -0.2) is 35.3 Å². The lowest BCUT2D eigenvalue weighted by Gasteiger charge is -2.72. The summed E-state index contributed by atoms with van der Waals surface area (Å²) in [6.07, 6.45) is 11.9. The molecule has 6 rings (SSSR count). The molecule has 1 aromatic carbocycles. The second-order valence-corrected chi connectivity index (χ2v) is 22.8. The van der Waals surface area contributed by atoms with E-state index in [-0.39, 0.29) is 75.7 Å². The second kappa shape index (κ2) is 15.2. The molecule has 1 N–H and O–H groups in total. The molecule has 0 bridgehead atoms. The normalized spacial score (nSPS) is 35.1. The number of benzene rings is 1. The predicted octanol–water partition coefficient (Wildman–Crippen LogP) is 11.7. The summed E-state index contributed by atoms with van der Waals surface area (Å²) in [4.78, 5) is 54.1. The van der Waals surface area contributed by atoms with Crippen LogP contribution in [0.25, 0.3) is 0 Å². The molecule has 7 nitrogen and oxygen atoms in total. The molecule has 4 saturated carbocycles. The zero-order chi connectivity index (χ0) is 43.0. The Bertz CT molecular complexity index is 1880. The number of amides is 1. The molecular weight excluding hydrogens is 746 g/mol. The summed E-state index contributed by atoms with van der Waals surface area (Å²) in [5, 5.41) is 3.77. The van der Waals surface area contributed by atoms with E-state index in [1.54, 1.807) is 19.9 Å². The van der Waals surface area contributed by atoms with Crippen LogP contribution in [0.1, 0.15) is 166 Å². The number of ketones is 1. The van der Waals surface area contributed by atoms with Gasteiger partial charge < -0.3 is 14.8 Å². The molecule has 0 radical (unpaired) electrons. The quantitative estimate of drug-likeness (QED) is 0.197. The van der Waals surface area contributed by atoms with Crippen molar-refractivity contribution in [2.24, 2.45) is 56.2 Å². The standard InChI is InChI=1S/C50H72ClNO6/c1-30(2)41-35(53)28-50(24-21-39(54)52-31(3)32-15-14-16-33(51)27-32)26-25-48(12)34(42(41)50)17-18-37-47(11)22-20-38(46(9,10)36(47)19-23-49(37,48)13)57-40(55)29-45(7,8)43(56)58-44(4,5)6/h14-16,21,24,27,30-31,34,36-38H,17-20,22-23,25-26,28-29H2,1-13H3,(H,52,54)/b24-21+/t31-,34+,36-,37+,38-,47-,48+,49+,50-/m0/s1. The van der Waals surface area contributed by atoms with E-state index in [9.17, 15) is 19.2 Å². The van der Waals surface area contributed by atoms with Gasteiger partial charge in [0, 0.05) is 22.3 Å².